The van der Waals surface area contributed by atoms with E-state index in [1.54, 1.807) is 18.2 Å². The fourth-order valence-corrected chi connectivity index (χ4v) is 4.97. The smallest absolute Gasteiger partial charge is 0.330 e. The highest BCUT2D eigenvalue weighted by atomic mass is 79.9. The number of sulfonamides is 1. The van der Waals surface area contributed by atoms with Crippen LogP contribution in [-0.2, 0) is 16.6 Å². The highest BCUT2D eigenvalue weighted by Crippen LogP contribution is 2.26. The van der Waals surface area contributed by atoms with Crippen molar-refractivity contribution in [3.63, 3.8) is 0 Å². The number of nitrogens with two attached hydrogens (primary N) is 1. The summed E-state index contributed by atoms with van der Waals surface area (Å²) in [6, 6.07) is 15.2. The maximum absolute atomic E-state index is 13.3. The van der Waals surface area contributed by atoms with Crippen LogP contribution in [0.2, 0.25) is 0 Å². The molecular weight excluding hydrogens is 522 g/mol. The van der Waals surface area contributed by atoms with Crippen LogP contribution in [0.3, 0.4) is 0 Å². The van der Waals surface area contributed by atoms with Crippen LogP contribution in [0.15, 0.2) is 73.6 Å². The summed E-state index contributed by atoms with van der Waals surface area (Å²) in [6.07, 6.45) is 2.44. The van der Waals surface area contributed by atoms with Gasteiger partial charge in [0.1, 0.15) is 5.82 Å². The number of rotatable bonds is 11. The summed E-state index contributed by atoms with van der Waals surface area (Å²) in [6.45, 7) is 1.15. The molecule has 0 radical (unpaired) electrons. The molecule has 9 nitrogen and oxygen atoms in total. The van der Waals surface area contributed by atoms with E-state index >= 15 is 0 Å². The van der Waals surface area contributed by atoms with Crippen molar-refractivity contribution in [1.29, 1.82) is 0 Å². The zero-order valence-electron chi connectivity index (χ0n) is 18.8. The Morgan fingerprint density at radius 1 is 1.03 bits per heavy atom. The molecule has 3 rings (SSSR count). The molecule has 1 aromatic heterocycles. The lowest BCUT2D eigenvalue weighted by atomic mass is 10.2. The average Bonchev–Trinajstić information content (AvgIpc) is 2.82. The molecule has 0 aliphatic heterocycles. The number of hydrogen-bond acceptors (Lipinski definition) is 6. The van der Waals surface area contributed by atoms with Crippen molar-refractivity contribution in [2.24, 2.45) is 5.73 Å². The maximum Gasteiger partial charge on any atom is 0.330 e. The van der Waals surface area contributed by atoms with Gasteiger partial charge in [0, 0.05) is 18.1 Å². The molecule has 34 heavy (non-hydrogen) atoms. The Morgan fingerprint density at radius 3 is 2.35 bits per heavy atom. The number of hydrogen-bond donors (Lipinski definition) is 3. The Bertz CT molecular complexity index is 1320. The highest BCUT2D eigenvalue weighted by Gasteiger charge is 2.28. The van der Waals surface area contributed by atoms with Gasteiger partial charge in [-0.05, 0) is 49.2 Å². The molecule has 11 heteroatoms. The van der Waals surface area contributed by atoms with Gasteiger partial charge in [0.25, 0.3) is 15.6 Å². The minimum Gasteiger partial charge on any atom is -0.369 e. The van der Waals surface area contributed by atoms with Crippen molar-refractivity contribution < 1.29 is 8.42 Å². The van der Waals surface area contributed by atoms with Crippen molar-refractivity contribution in [1.82, 2.24) is 9.55 Å². The summed E-state index contributed by atoms with van der Waals surface area (Å²) in [4.78, 5) is 28.1. The van der Waals surface area contributed by atoms with Crippen molar-refractivity contribution in [2.75, 3.05) is 29.8 Å². The molecular formula is C23H28BrN5O4S. The van der Waals surface area contributed by atoms with Gasteiger partial charge in [0.05, 0.1) is 11.4 Å². The summed E-state index contributed by atoms with van der Waals surface area (Å²) in [5, 5.41) is 3.15. The second kappa shape index (κ2) is 11.5. The third-order valence-corrected chi connectivity index (χ3v) is 7.62. The first-order chi connectivity index (χ1) is 16.3. The molecule has 0 aliphatic rings. The summed E-state index contributed by atoms with van der Waals surface area (Å²) in [5.41, 5.74) is 4.80. The number of aromatic nitrogens is 2. The second-order valence-corrected chi connectivity index (χ2v) is 10.6. The predicted octanol–water partition coefficient (Wildman–Crippen LogP) is 2.71. The van der Waals surface area contributed by atoms with Crippen LogP contribution in [-0.4, -0.2) is 38.1 Å². The standard InChI is InChI=1S/C23H28BrN5O4S/c1-28(34(32,33)19-8-4-2-5-9-19)20-21(26-15-7-3-6-14-25)29(23(31)27-22(20)30)16-17-10-12-18(24)13-11-17/h2,4-5,8-13,26H,3,6-7,14-16,25H2,1H3,(H,27,30,31). The van der Waals surface area contributed by atoms with Gasteiger partial charge >= 0.3 is 5.69 Å². The lowest BCUT2D eigenvalue weighted by molar-refractivity contribution is 0.593. The van der Waals surface area contributed by atoms with Crippen molar-refractivity contribution in [2.45, 2.75) is 30.7 Å². The van der Waals surface area contributed by atoms with E-state index < -0.39 is 21.3 Å². The number of halogens is 1. The van der Waals surface area contributed by atoms with E-state index in [0.29, 0.717) is 13.1 Å². The SMILES string of the molecule is CN(c1c(NCCCCCN)n(Cc2ccc(Br)cc2)c(=O)[nH]c1=O)S(=O)(=O)c1ccccc1. The van der Waals surface area contributed by atoms with Crippen LogP contribution in [0.25, 0.3) is 0 Å². The molecule has 0 saturated heterocycles. The Morgan fingerprint density at radius 2 is 1.71 bits per heavy atom. The number of H-pyrrole nitrogens is 1. The third-order valence-electron chi connectivity index (χ3n) is 5.32. The number of unbranched alkanes of at least 4 members (excludes halogenated alkanes) is 2. The number of anilines is 2. The fourth-order valence-electron chi connectivity index (χ4n) is 3.48. The Kier molecular flexibility index (Phi) is 8.70. The summed E-state index contributed by atoms with van der Waals surface area (Å²) in [7, 11) is -2.74. The Balaban J connectivity index is 2.10. The largest absolute Gasteiger partial charge is 0.369 e. The van der Waals surface area contributed by atoms with E-state index in [4.69, 9.17) is 5.73 Å². The van der Waals surface area contributed by atoms with Crippen LogP contribution < -0.4 is 26.6 Å². The molecule has 0 saturated carbocycles. The maximum atomic E-state index is 13.3. The predicted molar refractivity (Wildman–Crippen MR) is 138 cm³/mol. The highest BCUT2D eigenvalue weighted by molar-refractivity contribution is 9.10. The zero-order chi connectivity index (χ0) is 24.7. The van der Waals surface area contributed by atoms with E-state index in [0.717, 1.165) is 33.6 Å². The van der Waals surface area contributed by atoms with E-state index in [1.807, 2.05) is 24.3 Å². The number of nitrogens with zero attached hydrogens (tertiary/aromatic N) is 2. The van der Waals surface area contributed by atoms with Crippen molar-refractivity contribution in [3.05, 3.63) is 85.5 Å². The van der Waals surface area contributed by atoms with Gasteiger partial charge in [-0.2, -0.15) is 0 Å². The Labute approximate surface area is 206 Å². The van der Waals surface area contributed by atoms with Gasteiger partial charge in [-0.25, -0.2) is 13.2 Å². The van der Waals surface area contributed by atoms with E-state index in [-0.39, 0.29) is 22.9 Å². The normalized spacial score (nSPS) is 11.4. The molecule has 0 spiro atoms. The first-order valence-electron chi connectivity index (χ1n) is 10.8. The molecule has 182 valence electrons. The minimum absolute atomic E-state index is 0.0384. The monoisotopic (exact) mass is 549 g/mol. The quantitative estimate of drug-likeness (QED) is 0.315. The van der Waals surface area contributed by atoms with Gasteiger partial charge in [0.2, 0.25) is 0 Å². The van der Waals surface area contributed by atoms with E-state index in [1.165, 1.54) is 23.7 Å². The second-order valence-electron chi connectivity index (χ2n) is 7.73. The lowest BCUT2D eigenvalue weighted by Gasteiger charge is -2.24. The molecule has 0 bridgehead atoms. The molecule has 3 aromatic rings. The number of nitrogens with one attached hydrogen (secondary N) is 2. The van der Waals surface area contributed by atoms with Crippen LogP contribution in [0.5, 0.6) is 0 Å². The molecule has 0 atom stereocenters. The first-order valence-corrected chi connectivity index (χ1v) is 13.1. The van der Waals surface area contributed by atoms with Gasteiger partial charge in [-0.15, -0.1) is 0 Å². The van der Waals surface area contributed by atoms with Gasteiger partial charge in [0.15, 0.2) is 5.69 Å². The van der Waals surface area contributed by atoms with E-state index in [2.05, 4.69) is 26.2 Å². The molecule has 1 heterocycles. The molecule has 4 N–H and O–H groups in total. The minimum atomic E-state index is -4.05. The zero-order valence-corrected chi connectivity index (χ0v) is 21.2. The third kappa shape index (κ3) is 5.96. The lowest BCUT2D eigenvalue weighted by Crippen LogP contribution is -2.39. The average molecular weight is 550 g/mol. The summed E-state index contributed by atoms with van der Waals surface area (Å²) in [5.74, 6) is 0.145. The first kappa shape index (κ1) is 25.7. The molecule has 0 amide bonds. The fraction of sp³-hybridized carbons (Fsp3) is 0.304. The summed E-state index contributed by atoms with van der Waals surface area (Å²) >= 11 is 3.39. The molecule has 0 fully saturated rings. The van der Waals surface area contributed by atoms with Gasteiger partial charge in [-0.1, -0.05) is 52.7 Å². The summed E-state index contributed by atoms with van der Waals surface area (Å²) < 4.78 is 29.7. The molecule has 0 aliphatic carbocycles. The Hall–Kier alpha value is -2.89. The van der Waals surface area contributed by atoms with Crippen LogP contribution in [0, 0.1) is 0 Å². The van der Waals surface area contributed by atoms with E-state index in [9.17, 15) is 18.0 Å². The van der Waals surface area contributed by atoms with Crippen LogP contribution in [0.1, 0.15) is 24.8 Å². The number of aromatic amines is 1. The van der Waals surface area contributed by atoms with Crippen LogP contribution in [0.4, 0.5) is 11.5 Å². The van der Waals surface area contributed by atoms with Gasteiger partial charge in [-0.3, -0.25) is 18.7 Å². The number of benzene rings is 2. The van der Waals surface area contributed by atoms with Crippen molar-refractivity contribution in [3.8, 4) is 0 Å². The molecule has 0 unspecified atom stereocenters. The topological polar surface area (TPSA) is 130 Å². The van der Waals surface area contributed by atoms with Crippen molar-refractivity contribution >= 4 is 37.5 Å². The van der Waals surface area contributed by atoms with Gasteiger partial charge < -0.3 is 11.1 Å². The van der Waals surface area contributed by atoms with Crippen LogP contribution >= 0.6 is 15.9 Å². The molecule has 2 aromatic carbocycles.